The van der Waals surface area contributed by atoms with E-state index in [-0.39, 0.29) is 0 Å². The minimum absolute atomic E-state index is 0.631. The molecule has 3 heterocycles. The fourth-order valence-electron chi connectivity index (χ4n) is 8.21. The molecular formula is C53H34N5OPS. The lowest BCUT2D eigenvalue weighted by Crippen LogP contribution is -2.24. The number of aromatic nitrogens is 5. The molecule has 11 aromatic rings. The molecule has 0 fully saturated rings. The summed E-state index contributed by atoms with van der Waals surface area (Å²) in [7, 11) is -3.13. The Morgan fingerprint density at radius 3 is 1.67 bits per heavy atom. The van der Waals surface area contributed by atoms with Crippen molar-refractivity contribution in [2.75, 3.05) is 0 Å². The maximum Gasteiger partial charge on any atom is 0.171 e. The molecule has 0 N–H and O–H groups in total. The van der Waals surface area contributed by atoms with E-state index in [0.29, 0.717) is 5.82 Å². The van der Waals surface area contributed by atoms with Crippen LogP contribution in [0.3, 0.4) is 0 Å². The SMILES string of the molecule is O=P(c1ccccc1)(c1ccccc1)c1ccc(-c2cc(-c3cccc(-c4ccc(-c5nc6ccccc6c6c5ccc5nsnc56)cc4)c3)nc(-c3ccccc3)n2)cc1. The van der Waals surface area contributed by atoms with E-state index in [1.54, 1.807) is 0 Å². The van der Waals surface area contributed by atoms with Gasteiger partial charge in [0.1, 0.15) is 11.0 Å². The van der Waals surface area contributed by atoms with Crippen LogP contribution in [0, 0.1) is 0 Å². The van der Waals surface area contributed by atoms with E-state index in [0.717, 1.165) is 99.1 Å². The summed E-state index contributed by atoms with van der Waals surface area (Å²) in [5.41, 5.74) is 11.2. The van der Waals surface area contributed by atoms with E-state index in [1.165, 1.54) is 11.7 Å². The Labute approximate surface area is 356 Å². The Morgan fingerprint density at radius 1 is 0.377 bits per heavy atom. The topological polar surface area (TPSA) is 81.5 Å². The fraction of sp³-hybridized carbons (Fsp3) is 0. The largest absolute Gasteiger partial charge is 0.309 e. The lowest BCUT2D eigenvalue weighted by atomic mass is 9.96. The number of nitrogens with zero attached hydrogens (tertiary/aromatic N) is 5. The predicted molar refractivity (Wildman–Crippen MR) is 252 cm³/mol. The van der Waals surface area contributed by atoms with Crippen LogP contribution in [0.1, 0.15) is 0 Å². The second-order valence-corrected chi connectivity index (χ2v) is 18.2. The van der Waals surface area contributed by atoms with Gasteiger partial charge in [0.05, 0.1) is 34.3 Å². The van der Waals surface area contributed by atoms with Gasteiger partial charge >= 0.3 is 0 Å². The second-order valence-electron chi connectivity index (χ2n) is 14.9. The molecule has 0 saturated carbocycles. The summed E-state index contributed by atoms with van der Waals surface area (Å²) in [6, 6.07) is 69.1. The molecule has 11 rings (SSSR count). The number of pyridine rings is 1. The van der Waals surface area contributed by atoms with Crippen LogP contribution in [0.25, 0.3) is 89.0 Å². The number of para-hydroxylation sites is 1. The van der Waals surface area contributed by atoms with Gasteiger partial charge in [-0.25, -0.2) is 15.0 Å². The van der Waals surface area contributed by atoms with Crippen LogP contribution < -0.4 is 15.9 Å². The first kappa shape index (κ1) is 36.6. The van der Waals surface area contributed by atoms with Crippen molar-refractivity contribution in [3.63, 3.8) is 0 Å². The number of rotatable bonds is 8. The van der Waals surface area contributed by atoms with Crippen LogP contribution in [-0.2, 0) is 4.57 Å². The molecule has 61 heavy (non-hydrogen) atoms. The Hall–Kier alpha value is -7.44. The average Bonchev–Trinajstić information content (AvgIpc) is 3.84. The van der Waals surface area contributed by atoms with Gasteiger partial charge in [-0.1, -0.05) is 176 Å². The lowest BCUT2D eigenvalue weighted by molar-refractivity contribution is 0.592. The third-order valence-electron chi connectivity index (χ3n) is 11.3. The molecule has 0 amide bonds. The van der Waals surface area contributed by atoms with Crippen LogP contribution in [-0.4, -0.2) is 23.7 Å². The molecule has 0 aliphatic heterocycles. The van der Waals surface area contributed by atoms with E-state index < -0.39 is 7.14 Å². The quantitative estimate of drug-likeness (QED) is 0.112. The molecule has 8 aromatic carbocycles. The number of hydrogen-bond acceptors (Lipinski definition) is 7. The minimum Gasteiger partial charge on any atom is -0.309 e. The van der Waals surface area contributed by atoms with E-state index in [1.807, 2.05) is 140 Å². The highest BCUT2D eigenvalue weighted by molar-refractivity contribution is 7.85. The van der Waals surface area contributed by atoms with Gasteiger partial charge in [0, 0.05) is 54.3 Å². The second kappa shape index (κ2) is 15.3. The Bertz CT molecular complexity index is 3390. The normalized spacial score (nSPS) is 11.7. The monoisotopic (exact) mass is 819 g/mol. The molecule has 0 aliphatic carbocycles. The Balaban J connectivity index is 0.967. The van der Waals surface area contributed by atoms with E-state index >= 15 is 4.57 Å². The average molecular weight is 820 g/mol. The van der Waals surface area contributed by atoms with Gasteiger partial charge in [-0.05, 0) is 41.5 Å². The zero-order valence-corrected chi connectivity index (χ0v) is 34.3. The van der Waals surface area contributed by atoms with Crippen molar-refractivity contribution < 1.29 is 4.57 Å². The van der Waals surface area contributed by atoms with Crippen molar-refractivity contribution in [3.8, 4) is 56.3 Å². The minimum atomic E-state index is -3.13. The molecule has 0 unspecified atom stereocenters. The number of benzene rings is 8. The molecule has 3 aromatic heterocycles. The first-order valence-corrected chi connectivity index (χ1v) is 22.5. The molecular weight excluding hydrogens is 786 g/mol. The van der Waals surface area contributed by atoms with Gasteiger partial charge in [0.25, 0.3) is 0 Å². The lowest BCUT2D eigenvalue weighted by Gasteiger charge is -2.20. The molecule has 0 spiro atoms. The van der Waals surface area contributed by atoms with Crippen LogP contribution in [0.4, 0.5) is 0 Å². The number of hydrogen-bond donors (Lipinski definition) is 0. The van der Waals surface area contributed by atoms with Crippen LogP contribution in [0.15, 0.2) is 206 Å². The van der Waals surface area contributed by atoms with Gasteiger partial charge in [-0.3, -0.25) is 0 Å². The Morgan fingerprint density at radius 2 is 0.951 bits per heavy atom. The first-order valence-electron chi connectivity index (χ1n) is 20.0. The van der Waals surface area contributed by atoms with Crippen molar-refractivity contribution in [1.29, 1.82) is 0 Å². The van der Waals surface area contributed by atoms with E-state index in [4.69, 9.17) is 15.0 Å². The van der Waals surface area contributed by atoms with Crippen molar-refractivity contribution >= 4 is 67.5 Å². The highest BCUT2D eigenvalue weighted by atomic mass is 32.1. The van der Waals surface area contributed by atoms with Gasteiger partial charge in [0.2, 0.25) is 0 Å². The van der Waals surface area contributed by atoms with Crippen LogP contribution >= 0.6 is 18.9 Å². The van der Waals surface area contributed by atoms with Crippen molar-refractivity contribution in [2.45, 2.75) is 0 Å². The van der Waals surface area contributed by atoms with Gasteiger partial charge in [0.15, 0.2) is 13.0 Å². The summed E-state index contributed by atoms with van der Waals surface area (Å²) in [6.45, 7) is 0. The summed E-state index contributed by atoms with van der Waals surface area (Å²) >= 11 is 1.24. The molecule has 8 heteroatoms. The standard InChI is InChI=1S/C53H34N5OPS/c59-60(41-17-6-2-7-18-41,42-19-8-3-9-20-42)43-29-27-36(28-30-43)48-34-49(56-53(55-48)38-13-4-1-5-14-38)40-16-12-15-39(33-40)35-23-25-37(26-24-35)51-45-31-32-47-52(58-61-57-47)50(45)44-21-10-11-22-46(44)54-51/h1-34H. The highest BCUT2D eigenvalue weighted by Crippen LogP contribution is 2.43. The zero-order chi connectivity index (χ0) is 40.8. The fourth-order valence-corrected chi connectivity index (χ4v) is 11.4. The number of fused-ring (bicyclic) bond motifs is 5. The van der Waals surface area contributed by atoms with Gasteiger partial charge < -0.3 is 4.57 Å². The van der Waals surface area contributed by atoms with Gasteiger partial charge in [-0.15, -0.1) is 0 Å². The molecule has 0 radical (unpaired) electrons. The molecule has 0 bridgehead atoms. The molecule has 288 valence electrons. The summed E-state index contributed by atoms with van der Waals surface area (Å²) < 4.78 is 24.3. The van der Waals surface area contributed by atoms with Gasteiger partial charge in [-0.2, -0.15) is 8.75 Å². The van der Waals surface area contributed by atoms with Crippen LogP contribution in [0.5, 0.6) is 0 Å². The third kappa shape index (κ3) is 6.61. The van der Waals surface area contributed by atoms with Crippen molar-refractivity contribution in [1.82, 2.24) is 23.7 Å². The zero-order valence-electron chi connectivity index (χ0n) is 32.6. The predicted octanol–water partition coefficient (Wildman–Crippen LogP) is 12.2. The summed E-state index contributed by atoms with van der Waals surface area (Å²) in [5, 5.41) is 5.58. The summed E-state index contributed by atoms with van der Waals surface area (Å²) in [5.74, 6) is 0.631. The molecule has 0 atom stereocenters. The van der Waals surface area contributed by atoms with E-state index in [2.05, 4.69) is 75.5 Å². The molecule has 6 nitrogen and oxygen atoms in total. The maximum absolute atomic E-state index is 15.1. The molecule has 0 aliphatic rings. The Kier molecular flexibility index (Phi) is 9.19. The van der Waals surface area contributed by atoms with E-state index in [9.17, 15) is 0 Å². The summed E-state index contributed by atoms with van der Waals surface area (Å²) in [6.07, 6.45) is 0. The summed E-state index contributed by atoms with van der Waals surface area (Å²) in [4.78, 5) is 15.4. The smallest absolute Gasteiger partial charge is 0.171 e. The van der Waals surface area contributed by atoms with Crippen molar-refractivity contribution in [2.24, 2.45) is 0 Å². The molecule has 0 saturated heterocycles. The maximum atomic E-state index is 15.1. The van der Waals surface area contributed by atoms with Crippen molar-refractivity contribution in [3.05, 3.63) is 206 Å². The first-order chi connectivity index (χ1) is 30.1. The van der Waals surface area contributed by atoms with Crippen LogP contribution in [0.2, 0.25) is 0 Å². The highest BCUT2D eigenvalue weighted by Gasteiger charge is 2.29. The third-order valence-corrected chi connectivity index (χ3v) is 14.9.